The average molecular weight is 453 g/mol. The molecule has 0 saturated carbocycles. The predicted octanol–water partition coefficient (Wildman–Crippen LogP) is 3.86. The van der Waals surface area contributed by atoms with Gasteiger partial charge in [-0.2, -0.15) is 0 Å². The summed E-state index contributed by atoms with van der Waals surface area (Å²) in [4.78, 5) is 15.4. The molecular formula is C24H28N4O3S. The van der Waals surface area contributed by atoms with E-state index < -0.39 is 9.84 Å². The third-order valence-electron chi connectivity index (χ3n) is 5.73. The molecule has 1 aliphatic rings. The zero-order chi connectivity index (χ0) is 22.7. The van der Waals surface area contributed by atoms with Crippen LogP contribution >= 0.6 is 0 Å². The molecule has 0 unspecified atom stereocenters. The summed E-state index contributed by atoms with van der Waals surface area (Å²) in [7, 11) is -3.31. The number of aromatic nitrogens is 3. The molecule has 3 heterocycles. The molecule has 0 aliphatic carbocycles. The fraction of sp³-hybridized carbons (Fsp3) is 0.375. The lowest BCUT2D eigenvalue weighted by atomic mass is 10.0. The highest BCUT2D eigenvalue weighted by molar-refractivity contribution is 7.90. The lowest BCUT2D eigenvalue weighted by Gasteiger charge is -2.32. The summed E-state index contributed by atoms with van der Waals surface area (Å²) in [5.41, 5.74) is 3.71. The number of hydrogen-bond donors (Lipinski definition) is 0. The predicted molar refractivity (Wildman–Crippen MR) is 125 cm³/mol. The van der Waals surface area contributed by atoms with Crippen molar-refractivity contribution < 1.29 is 13.2 Å². The van der Waals surface area contributed by atoms with Gasteiger partial charge in [0.25, 0.3) is 0 Å². The summed E-state index contributed by atoms with van der Waals surface area (Å²) < 4.78 is 29.6. The number of sulfone groups is 1. The maximum atomic E-state index is 11.7. The number of nitrogens with zero attached hydrogens (tertiary/aromatic N) is 4. The normalized spacial score (nSPS) is 15.0. The number of pyridine rings is 1. The van der Waals surface area contributed by atoms with Crippen molar-refractivity contribution in [2.45, 2.75) is 44.2 Å². The Morgan fingerprint density at radius 3 is 2.25 bits per heavy atom. The number of benzene rings is 1. The standard InChI is InChI=1S/C24H28N4O3S/c1-4-18-15-25-24(26-16-18)28-13-11-21(12-14-28)31-20-7-5-19(6-8-20)22-9-10-23(27-17(22)2)32(3,29)30/h5-10,15-16,21H,4,11-14H2,1-3H3. The topological polar surface area (TPSA) is 85.3 Å². The van der Waals surface area contributed by atoms with Gasteiger partial charge in [0, 0.05) is 55.8 Å². The van der Waals surface area contributed by atoms with E-state index in [0.717, 1.165) is 60.7 Å². The molecule has 0 amide bonds. The molecule has 0 spiro atoms. The summed E-state index contributed by atoms with van der Waals surface area (Å²) in [6.45, 7) is 5.65. The number of anilines is 1. The molecule has 4 rings (SSSR count). The van der Waals surface area contributed by atoms with Crippen molar-refractivity contribution in [3.63, 3.8) is 0 Å². The van der Waals surface area contributed by atoms with Gasteiger partial charge < -0.3 is 9.64 Å². The molecule has 0 N–H and O–H groups in total. The number of ether oxygens (including phenoxy) is 1. The highest BCUT2D eigenvalue weighted by Crippen LogP contribution is 2.27. The SMILES string of the molecule is CCc1cnc(N2CCC(Oc3ccc(-c4ccc(S(C)(=O)=O)nc4C)cc3)CC2)nc1. The molecule has 1 saturated heterocycles. The molecule has 1 aliphatic heterocycles. The molecule has 0 bridgehead atoms. The Hall–Kier alpha value is -3.00. The third kappa shape index (κ3) is 5.07. The Morgan fingerprint density at radius 2 is 1.69 bits per heavy atom. The first-order valence-corrected chi connectivity index (χ1v) is 12.7. The first kappa shape index (κ1) is 22.2. The van der Waals surface area contributed by atoms with Gasteiger partial charge in [-0.05, 0) is 48.7 Å². The number of aryl methyl sites for hydroxylation is 2. The van der Waals surface area contributed by atoms with Crippen LogP contribution in [0.25, 0.3) is 11.1 Å². The Bertz CT molecular complexity index is 1170. The second-order valence-corrected chi connectivity index (χ2v) is 10.1. The van der Waals surface area contributed by atoms with Crippen molar-refractivity contribution in [1.29, 1.82) is 0 Å². The molecular weight excluding hydrogens is 424 g/mol. The zero-order valence-corrected chi connectivity index (χ0v) is 19.5. The fourth-order valence-electron chi connectivity index (χ4n) is 3.82. The first-order valence-electron chi connectivity index (χ1n) is 10.8. The van der Waals surface area contributed by atoms with Crippen LogP contribution in [0.4, 0.5) is 5.95 Å². The van der Waals surface area contributed by atoms with Crippen LogP contribution in [0, 0.1) is 6.92 Å². The largest absolute Gasteiger partial charge is 0.490 e. The Balaban J connectivity index is 1.36. The van der Waals surface area contributed by atoms with Gasteiger partial charge in [0.1, 0.15) is 11.9 Å². The van der Waals surface area contributed by atoms with Gasteiger partial charge in [0.05, 0.1) is 0 Å². The lowest BCUT2D eigenvalue weighted by molar-refractivity contribution is 0.170. The van der Waals surface area contributed by atoms with E-state index in [0.29, 0.717) is 5.69 Å². The minimum atomic E-state index is -3.31. The first-order chi connectivity index (χ1) is 15.3. The lowest BCUT2D eigenvalue weighted by Crippen LogP contribution is -2.39. The smallest absolute Gasteiger partial charge is 0.225 e. The van der Waals surface area contributed by atoms with Crippen molar-refractivity contribution in [1.82, 2.24) is 15.0 Å². The van der Waals surface area contributed by atoms with Gasteiger partial charge in [0.15, 0.2) is 14.9 Å². The maximum Gasteiger partial charge on any atom is 0.225 e. The third-order valence-corrected chi connectivity index (χ3v) is 6.72. The molecule has 3 aromatic rings. The average Bonchev–Trinajstić information content (AvgIpc) is 2.80. The molecule has 1 fully saturated rings. The Morgan fingerprint density at radius 1 is 1.03 bits per heavy atom. The summed E-state index contributed by atoms with van der Waals surface area (Å²) in [6.07, 6.45) is 7.89. The van der Waals surface area contributed by atoms with E-state index in [9.17, 15) is 8.42 Å². The number of hydrogen-bond acceptors (Lipinski definition) is 7. The van der Waals surface area contributed by atoms with Crippen LogP contribution < -0.4 is 9.64 Å². The summed E-state index contributed by atoms with van der Waals surface area (Å²) >= 11 is 0. The van der Waals surface area contributed by atoms with Gasteiger partial charge in [0.2, 0.25) is 5.95 Å². The molecule has 0 atom stereocenters. The van der Waals surface area contributed by atoms with Crippen molar-refractivity contribution in [2.75, 3.05) is 24.2 Å². The molecule has 8 heteroatoms. The van der Waals surface area contributed by atoms with E-state index in [2.05, 4.69) is 26.8 Å². The minimum Gasteiger partial charge on any atom is -0.490 e. The molecule has 7 nitrogen and oxygen atoms in total. The van der Waals surface area contributed by atoms with E-state index in [1.54, 1.807) is 12.1 Å². The highest BCUT2D eigenvalue weighted by Gasteiger charge is 2.22. The van der Waals surface area contributed by atoms with Crippen LogP contribution in [0.3, 0.4) is 0 Å². The summed E-state index contributed by atoms with van der Waals surface area (Å²) in [5, 5.41) is 0.0942. The second kappa shape index (κ2) is 9.24. The van der Waals surface area contributed by atoms with Crippen molar-refractivity contribution in [2.24, 2.45) is 0 Å². The molecule has 32 heavy (non-hydrogen) atoms. The van der Waals surface area contributed by atoms with E-state index >= 15 is 0 Å². The molecule has 1 aromatic carbocycles. The van der Waals surface area contributed by atoms with Crippen LogP contribution in [0.5, 0.6) is 5.75 Å². The van der Waals surface area contributed by atoms with Crippen LogP contribution in [0.2, 0.25) is 0 Å². The second-order valence-electron chi connectivity index (χ2n) is 8.13. The van der Waals surface area contributed by atoms with Crippen molar-refractivity contribution in [3.8, 4) is 16.9 Å². The van der Waals surface area contributed by atoms with Crippen LogP contribution in [-0.4, -0.2) is 48.8 Å². The van der Waals surface area contributed by atoms with Gasteiger partial charge in [-0.3, -0.25) is 0 Å². The summed E-state index contributed by atoms with van der Waals surface area (Å²) in [5.74, 6) is 1.62. The zero-order valence-electron chi connectivity index (χ0n) is 18.7. The Kier molecular flexibility index (Phi) is 6.41. The highest BCUT2D eigenvalue weighted by atomic mass is 32.2. The maximum absolute atomic E-state index is 11.7. The van der Waals surface area contributed by atoms with Crippen molar-refractivity contribution >= 4 is 15.8 Å². The minimum absolute atomic E-state index is 0.0942. The fourth-order valence-corrected chi connectivity index (χ4v) is 4.44. The van der Waals surface area contributed by atoms with E-state index in [4.69, 9.17) is 4.74 Å². The monoisotopic (exact) mass is 452 g/mol. The Labute approximate surface area is 189 Å². The molecule has 168 valence electrons. The van der Waals surface area contributed by atoms with Gasteiger partial charge in [-0.1, -0.05) is 19.1 Å². The van der Waals surface area contributed by atoms with E-state index in [1.165, 1.54) is 6.26 Å². The van der Waals surface area contributed by atoms with Gasteiger partial charge >= 0.3 is 0 Å². The van der Waals surface area contributed by atoms with E-state index in [-0.39, 0.29) is 11.1 Å². The van der Waals surface area contributed by atoms with Gasteiger partial charge in [-0.15, -0.1) is 0 Å². The number of rotatable bonds is 6. The van der Waals surface area contributed by atoms with Crippen molar-refractivity contribution in [3.05, 3.63) is 60.0 Å². The number of piperidine rings is 1. The molecule has 0 radical (unpaired) electrons. The van der Waals surface area contributed by atoms with Crippen LogP contribution in [-0.2, 0) is 16.3 Å². The van der Waals surface area contributed by atoms with Crippen LogP contribution in [0.15, 0.2) is 53.8 Å². The van der Waals surface area contributed by atoms with Crippen LogP contribution in [0.1, 0.15) is 31.0 Å². The van der Waals surface area contributed by atoms with Gasteiger partial charge in [-0.25, -0.2) is 23.4 Å². The molecule has 2 aromatic heterocycles. The van der Waals surface area contributed by atoms with E-state index in [1.807, 2.05) is 43.6 Å². The summed E-state index contributed by atoms with van der Waals surface area (Å²) in [6, 6.07) is 11.2. The quantitative estimate of drug-likeness (QED) is 0.561.